The van der Waals surface area contributed by atoms with Gasteiger partial charge in [-0.05, 0) is 257 Å². The summed E-state index contributed by atoms with van der Waals surface area (Å²) in [5, 5.41) is 32.0. The number of alkyl carbamates (subject to hydrolysis) is 5. The number of nitrogens with zero attached hydrogens (tertiary/aromatic N) is 5. The Morgan fingerprint density at radius 1 is 0.373 bits per heavy atom. The van der Waals surface area contributed by atoms with Gasteiger partial charge in [-0.3, -0.25) is 63.4 Å². The third-order valence-electron chi connectivity index (χ3n) is 26.4. The van der Waals surface area contributed by atoms with Crippen LogP contribution in [-0.4, -0.2) is 230 Å². The number of nitrogens with one attached hydrogen (secondary N) is 10. The lowest BCUT2D eigenvalue weighted by Gasteiger charge is -2.14. The van der Waals surface area contributed by atoms with Crippen molar-refractivity contribution in [2.45, 2.75) is 122 Å². The van der Waals surface area contributed by atoms with E-state index in [-0.39, 0.29) is 127 Å². The highest BCUT2D eigenvalue weighted by molar-refractivity contribution is 6.24. The van der Waals surface area contributed by atoms with E-state index < -0.39 is 12.1 Å². The largest absolute Gasteiger partial charge is 0.477 e. The molecule has 13 N–H and O–H groups in total. The topological polar surface area (TPSA) is 492 Å². The lowest BCUT2D eigenvalue weighted by atomic mass is 10.0. The number of aromatic carboxylic acids is 1. The standard InChI is InChI=1S/C23H24N4O4.C23H19N3O6.C23H21N3O4.C22H19N3O4.C15H19N3O2/c1-15(5-4-12-27-21(28)19-6-2-3-7-20(19)22(27)29)25-26-17-10-8-16(9-11-17)13-18-14-31-23(30)24-18;27-20-15-3-1-2-4-16(15)21(28)26(20)8-7-14-17-10-12(9-13-11-32-23(31)24-13)5-6-18(17)25-19(14)22(29)30;1-13-16(8-9-26-21(27)17-4-2-3-5-18(17)22(26)28)19-11-14(6-7-20(19)24-13)10-15-12-30-23(29)25-15;26-20-16-3-1-2-4-17(16)21(27)25(20)8-7-14-11-23-19-6-5-13(10-18(14)19)9-15-12-29-22(28)24-15;1-9-12(4-5-16)13-7-10(2-3-14(13)17-9)6-11-8-20-15(19)18-11/h2-3,6-11,18,26H,4-5,12-14H2,1H3,(H,24,30);1-6,10,13,25H,7-9,11H2,(H,24,31)(H,29,30);2-7,11,15,24H,8-10,12H2,1H3,(H,25,29);1-6,10-11,15,23H,7-9,12H2,(H,24,28);2-3,7,11,17H,4-6,8,16H2,1H3,(H,18,19)/b25-15-;;;;/t18-;13-;2*15-;11-/m00000/s1. The number of fused-ring (bicyclic) bond motifs is 8. The van der Waals surface area contributed by atoms with Crippen LogP contribution in [0.2, 0.25) is 0 Å². The van der Waals surface area contributed by atoms with Gasteiger partial charge in [-0.15, -0.1) is 0 Å². The maximum Gasteiger partial charge on any atom is 0.407 e. The lowest BCUT2D eigenvalue weighted by molar-refractivity contribution is 0.0638. The molecule has 13 heterocycles. The molecule has 36 nitrogen and oxygen atoms in total. The second kappa shape index (κ2) is 41.7. The molecule has 0 spiro atoms. The van der Waals surface area contributed by atoms with E-state index in [0.717, 1.165) is 95.5 Å². The van der Waals surface area contributed by atoms with Crippen molar-refractivity contribution >= 4 is 139 Å². The highest BCUT2D eigenvalue weighted by Crippen LogP contribution is 2.34. The molecule has 9 aromatic carbocycles. The molecule has 5 atom stereocenters. The van der Waals surface area contributed by atoms with Gasteiger partial charge in [0.25, 0.3) is 47.3 Å². The molecule has 36 heteroatoms. The van der Waals surface area contributed by atoms with E-state index >= 15 is 0 Å². The molecule has 13 amide bonds. The van der Waals surface area contributed by atoms with Crippen LogP contribution in [0.5, 0.6) is 0 Å². The maximum atomic E-state index is 12.7. The molecule has 9 aliphatic heterocycles. The smallest absolute Gasteiger partial charge is 0.407 e. The first-order chi connectivity index (χ1) is 68.7. The Balaban J connectivity index is 0.000000118. The number of carboxylic acid groups (broad SMARTS) is 1. The number of ether oxygens (including phenoxy) is 5. The van der Waals surface area contributed by atoms with E-state index in [9.17, 15) is 72.2 Å². The van der Waals surface area contributed by atoms with E-state index in [0.29, 0.717) is 165 Å². The molecule has 0 aliphatic carbocycles. The summed E-state index contributed by atoms with van der Waals surface area (Å²) in [5.41, 5.74) is 29.4. The molecule has 726 valence electrons. The fourth-order valence-corrected chi connectivity index (χ4v) is 19.3. The molecule has 0 unspecified atom stereocenters. The Morgan fingerprint density at radius 2 is 0.676 bits per heavy atom. The molecule has 0 radical (unpaired) electrons. The molecule has 5 fully saturated rings. The van der Waals surface area contributed by atoms with Crippen molar-refractivity contribution in [2.75, 3.05) is 71.2 Å². The second-order valence-corrected chi connectivity index (χ2v) is 36.1. The van der Waals surface area contributed by atoms with E-state index in [2.05, 4.69) is 94.3 Å². The summed E-state index contributed by atoms with van der Waals surface area (Å²) >= 11 is 0. The van der Waals surface area contributed by atoms with Crippen LogP contribution in [0.1, 0.15) is 175 Å². The number of aromatic amines is 4. The van der Waals surface area contributed by atoms with Crippen LogP contribution in [0.15, 0.2) is 205 Å². The number of H-pyrrole nitrogens is 4. The Hall–Kier alpha value is -17.1. The summed E-state index contributed by atoms with van der Waals surface area (Å²) < 4.78 is 24.7. The minimum absolute atomic E-state index is 0.00809. The maximum absolute atomic E-state index is 12.7. The molecule has 9 aliphatic rings. The van der Waals surface area contributed by atoms with E-state index in [1.54, 1.807) is 103 Å². The van der Waals surface area contributed by atoms with Crippen molar-refractivity contribution in [3.63, 3.8) is 0 Å². The normalized spacial score (nSPS) is 18.0. The van der Waals surface area contributed by atoms with Gasteiger partial charge < -0.3 is 81.0 Å². The van der Waals surface area contributed by atoms with Crippen LogP contribution in [0.25, 0.3) is 43.6 Å². The molecule has 0 saturated carbocycles. The molecule has 5 saturated heterocycles. The molecule has 142 heavy (non-hydrogen) atoms. The highest BCUT2D eigenvalue weighted by Gasteiger charge is 2.40. The van der Waals surface area contributed by atoms with Gasteiger partial charge in [0.05, 0.1) is 80.4 Å². The third kappa shape index (κ3) is 20.9. The molecular weight excluding hydrogens is 1820 g/mol. The Labute approximate surface area is 812 Å². The molecule has 22 rings (SSSR count). The van der Waals surface area contributed by atoms with Crippen molar-refractivity contribution in [1.29, 1.82) is 0 Å². The van der Waals surface area contributed by atoms with Gasteiger partial charge in [0.1, 0.15) is 38.7 Å². The van der Waals surface area contributed by atoms with Gasteiger partial charge in [0.15, 0.2) is 0 Å². The summed E-state index contributed by atoms with van der Waals surface area (Å²) in [6.45, 7) is 9.58. The average Bonchev–Trinajstić information content (AvgIpc) is 1.62. The Kier molecular flexibility index (Phi) is 28.0. The Morgan fingerprint density at radius 3 is 1.02 bits per heavy atom. The van der Waals surface area contributed by atoms with E-state index in [1.165, 1.54) is 36.9 Å². The number of hydrazone groups is 1. The van der Waals surface area contributed by atoms with E-state index in [4.69, 9.17) is 29.4 Å². The van der Waals surface area contributed by atoms with Crippen molar-refractivity contribution < 1.29 is 95.9 Å². The zero-order valence-electron chi connectivity index (χ0n) is 77.8. The first-order valence-corrected chi connectivity index (χ1v) is 46.9. The predicted molar refractivity (Wildman–Crippen MR) is 523 cm³/mol. The number of nitrogens with two attached hydrogens (primary N) is 1. The van der Waals surface area contributed by atoms with Crippen molar-refractivity contribution in [3.05, 3.63) is 312 Å². The number of amides is 13. The summed E-state index contributed by atoms with van der Waals surface area (Å²) in [6.07, 6.45) is 6.96. The highest BCUT2D eigenvalue weighted by atomic mass is 16.6. The monoisotopic (exact) mass is 1920 g/mol. The molecular formula is C106H102N16O20. The first kappa shape index (κ1) is 95.3. The number of hydrogen-bond acceptors (Lipinski definition) is 22. The second-order valence-electron chi connectivity index (χ2n) is 36.1. The average molecular weight is 1920 g/mol. The van der Waals surface area contributed by atoms with Gasteiger partial charge >= 0.3 is 36.4 Å². The van der Waals surface area contributed by atoms with Crippen LogP contribution in [0, 0.1) is 13.8 Å². The number of anilines is 1. The molecule has 4 aromatic heterocycles. The van der Waals surface area contributed by atoms with Crippen molar-refractivity contribution in [2.24, 2.45) is 10.8 Å². The minimum Gasteiger partial charge on any atom is -0.477 e. The quantitative estimate of drug-likeness (QED) is 0.00938. The van der Waals surface area contributed by atoms with Crippen molar-refractivity contribution in [1.82, 2.24) is 66.1 Å². The fourth-order valence-electron chi connectivity index (χ4n) is 19.3. The number of rotatable bonds is 28. The molecule has 13 aromatic rings. The minimum atomic E-state index is -1.11. The molecule has 0 bridgehead atoms. The Bertz CT molecular complexity index is 7130. The number of hydrogen-bond donors (Lipinski definition) is 12. The number of benzene rings is 9. The number of imide groups is 4. The summed E-state index contributed by atoms with van der Waals surface area (Å²) in [5.74, 6) is -3.24. The van der Waals surface area contributed by atoms with Crippen LogP contribution in [0.4, 0.5) is 29.7 Å². The van der Waals surface area contributed by atoms with Crippen LogP contribution in [-0.2, 0) is 81.5 Å². The number of aromatic nitrogens is 4. The predicted octanol–water partition coefficient (Wildman–Crippen LogP) is 12.8. The number of carboxylic acids is 1. The third-order valence-corrected chi connectivity index (χ3v) is 26.4. The number of carbonyl (C=O) groups excluding carboxylic acids is 13. The van der Waals surface area contributed by atoms with Crippen LogP contribution < -0.4 is 37.7 Å². The van der Waals surface area contributed by atoms with Gasteiger partial charge in [-0.25, -0.2) is 28.8 Å². The summed E-state index contributed by atoms with van der Waals surface area (Å²) in [4.78, 5) is 186. The van der Waals surface area contributed by atoms with Gasteiger partial charge in [0, 0.05) is 93.1 Å². The number of cyclic esters (lactones) is 5. The van der Waals surface area contributed by atoms with Crippen molar-refractivity contribution in [3.8, 4) is 0 Å². The number of carbonyl (C=O) groups is 14. The first-order valence-electron chi connectivity index (χ1n) is 46.9. The van der Waals surface area contributed by atoms with Gasteiger partial charge in [0.2, 0.25) is 0 Å². The van der Waals surface area contributed by atoms with Gasteiger partial charge in [-0.2, -0.15) is 5.10 Å². The summed E-state index contributed by atoms with van der Waals surface area (Å²) in [7, 11) is 0. The summed E-state index contributed by atoms with van der Waals surface area (Å²) in [6, 6.07) is 59.3. The zero-order valence-corrected chi connectivity index (χ0v) is 77.8. The van der Waals surface area contributed by atoms with Crippen LogP contribution >= 0.6 is 0 Å². The SMILES string of the molecule is C/C(CCCN1C(=O)c2ccccc2C1=O)=N/Nc1ccc(C[C@H]2COC(=O)N2)cc1.Cc1[nH]c2ccc(C[C@H]3COC(=O)N3)cc2c1CCN.Cc1[nH]c2ccc(C[C@H]3COC(=O)N3)cc2c1CCN1C(=O)c2ccccc2C1=O.O=C1N[C@@H](Cc2ccc3[nH]c(C(=O)O)c(CCN4C(=O)c5ccccc5C4=O)c3c2)CO1.O=C1N[C@@H](Cc2ccc3[nH]cc(CCN4C(=O)c5ccccc5C4=O)c3c2)CO1. The number of aryl methyl sites for hydroxylation is 2. The zero-order chi connectivity index (χ0) is 99.1. The fraction of sp³-hybridized carbons (Fsp3) is 0.274. The van der Waals surface area contributed by atoms with E-state index in [1.807, 2.05) is 80.7 Å². The van der Waals surface area contributed by atoms with Crippen LogP contribution in [0.3, 0.4) is 0 Å². The van der Waals surface area contributed by atoms with Gasteiger partial charge in [-0.1, -0.05) is 84.9 Å². The lowest BCUT2D eigenvalue weighted by Crippen LogP contribution is -2.32.